The highest BCUT2D eigenvalue weighted by atomic mass is 16.4. The van der Waals surface area contributed by atoms with Crippen LogP contribution >= 0.6 is 0 Å². The molecule has 11 nitrogen and oxygen atoms in total. The summed E-state index contributed by atoms with van der Waals surface area (Å²) in [5.41, 5.74) is 1.60. The minimum atomic E-state index is -1.24. The summed E-state index contributed by atoms with van der Waals surface area (Å²) < 4.78 is 0. The van der Waals surface area contributed by atoms with Crippen LogP contribution in [0.4, 0.5) is 0 Å². The number of H-pyrrole nitrogens is 1. The maximum atomic E-state index is 11.4. The van der Waals surface area contributed by atoms with Gasteiger partial charge in [0.2, 0.25) is 0 Å². The highest BCUT2D eigenvalue weighted by Crippen LogP contribution is 2.27. The Balaban J connectivity index is 0.000000208. The van der Waals surface area contributed by atoms with Crippen LogP contribution in [-0.4, -0.2) is 61.7 Å². The molecule has 0 saturated heterocycles. The Morgan fingerprint density at radius 1 is 0.789 bits per heavy atom. The van der Waals surface area contributed by atoms with Gasteiger partial charge in [0.1, 0.15) is 6.54 Å². The van der Waals surface area contributed by atoms with Gasteiger partial charge in [-0.05, 0) is 42.5 Å². The van der Waals surface area contributed by atoms with Gasteiger partial charge in [0.05, 0.1) is 17.5 Å². The van der Waals surface area contributed by atoms with Crippen LogP contribution in [0.2, 0.25) is 0 Å². The van der Waals surface area contributed by atoms with Crippen molar-refractivity contribution >= 4 is 40.7 Å². The van der Waals surface area contributed by atoms with Crippen LogP contribution in [0.15, 0.2) is 54.7 Å². The SMILES string of the molecule is O=C(O)CC1CCCC1.O=C(O)CNC(=O)c1ccccc1C(=O)O.O=C(O)Cc1c[nH]c2ccccc12. The molecule has 0 atom stereocenters. The second-order valence-corrected chi connectivity index (χ2v) is 8.61. The van der Waals surface area contributed by atoms with Crippen LogP contribution in [-0.2, 0) is 20.8 Å². The molecule has 4 rings (SSSR count). The Labute approximate surface area is 218 Å². The molecule has 2 aromatic carbocycles. The predicted octanol–water partition coefficient (Wildman–Crippen LogP) is 3.65. The fourth-order valence-electron chi connectivity index (χ4n) is 4.02. The van der Waals surface area contributed by atoms with E-state index in [-0.39, 0.29) is 17.5 Å². The summed E-state index contributed by atoms with van der Waals surface area (Å²) in [6.07, 6.45) is 6.94. The number of amides is 1. The maximum Gasteiger partial charge on any atom is 0.336 e. The normalized spacial score (nSPS) is 12.4. The zero-order valence-corrected chi connectivity index (χ0v) is 20.6. The Bertz CT molecular complexity index is 1280. The number of para-hydroxylation sites is 1. The number of benzene rings is 2. The van der Waals surface area contributed by atoms with E-state index >= 15 is 0 Å². The molecule has 0 aliphatic heterocycles. The predicted molar refractivity (Wildman–Crippen MR) is 137 cm³/mol. The molecular formula is C27H30N2O9. The van der Waals surface area contributed by atoms with Crippen molar-refractivity contribution in [2.45, 2.75) is 38.5 Å². The summed E-state index contributed by atoms with van der Waals surface area (Å²) in [7, 11) is 0. The lowest BCUT2D eigenvalue weighted by atomic mass is 10.1. The zero-order valence-electron chi connectivity index (χ0n) is 20.6. The molecule has 1 fully saturated rings. The van der Waals surface area contributed by atoms with Crippen molar-refractivity contribution in [3.63, 3.8) is 0 Å². The summed E-state index contributed by atoms with van der Waals surface area (Å²) in [6, 6.07) is 13.3. The van der Waals surface area contributed by atoms with Crippen molar-refractivity contribution < 1.29 is 44.4 Å². The van der Waals surface area contributed by atoms with Crippen LogP contribution in [0.5, 0.6) is 0 Å². The summed E-state index contributed by atoms with van der Waals surface area (Å²) in [4.78, 5) is 56.1. The van der Waals surface area contributed by atoms with Gasteiger partial charge in [0.15, 0.2) is 0 Å². The molecule has 0 spiro atoms. The molecule has 1 aliphatic rings. The lowest BCUT2D eigenvalue weighted by Crippen LogP contribution is -2.30. The first-order valence-corrected chi connectivity index (χ1v) is 11.9. The Morgan fingerprint density at radius 2 is 1.39 bits per heavy atom. The number of nitrogens with one attached hydrogen (secondary N) is 2. The third-order valence-corrected chi connectivity index (χ3v) is 5.76. The first kappa shape index (κ1) is 29.6. The van der Waals surface area contributed by atoms with Gasteiger partial charge < -0.3 is 30.7 Å². The number of carbonyl (C=O) groups excluding carboxylic acids is 1. The quantitative estimate of drug-likeness (QED) is 0.254. The van der Waals surface area contributed by atoms with E-state index in [9.17, 15) is 24.0 Å². The van der Waals surface area contributed by atoms with Crippen LogP contribution in [0.3, 0.4) is 0 Å². The fraction of sp³-hybridized carbons (Fsp3) is 0.296. The number of carbonyl (C=O) groups is 5. The highest BCUT2D eigenvalue weighted by molar-refractivity contribution is 6.05. The minimum absolute atomic E-state index is 0.0590. The molecule has 1 amide bonds. The average molecular weight is 527 g/mol. The molecule has 1 aliphatic carbocycles. The standard InChI is InChI=1S/C10H9NO5.C10H9NO2.C7H12O2/c12-8(13)5-11-9(14)6-3-1-2-4-7(6)10(15)16;12-10(13)5-7-6-11-9-4-2-1-3-8(7)9;8-7(9)5-6-3-1-2-4-6/h1-4H,5H2,(H,11,14)(H,12,13)(H,15,16);1-4,6,11H,5H2,(H,12,13);6H,1-5H2,(H,8,9). The van der Waals surface area contributed by atoms with Gasteiger partial charge in [-0.2, -0.15) is 0 Å². The van der Waals surface area contributed by atoms with Crippen LogP contribution in [0, 0.1) is 5.92 Å². The summed E-state index contributed by atoms with van der Waals surface area (Å²) >= 11 is 0. The number of fused-ring (bicyclic) bond motifs is 1. The number of rotatable bonds is 8. The maximum absolute atomic E-state index is 11.4. The number of hydrogen-bond donors (Lipinski definition) is 6. The molecule has 0 unspecified atom stereocenters. The summed E-state index contributed by atoms with van der Waals surface area (Å²) in [5.74, 6) is -4.10. The lowest BCUT2D eigenvalue weighted by molar-refractivity contribution is -0.138. The van der Waals surface area contributed by atoms with E-state index in [1.807, 2.05) is 24.3 Å². The minimum Gasteiger partial charge on any atom is -0.481 e. The molecule has 0 bridgehead atoms. The zero-order chi connectivity index (χ0) is 28.1. The topological polar surface area (TPSA) is 194 Å². The van der Waals surface area contributed by atoms with Gasteiger partial charge in [0.25, 0.3) is 5.91 Å². The molecule has 0 radical (unpaired) electrons. The molecule has 202 valence electrons. The van der Waals surface area contributed by atoms with Crippen molar-refractivity contribution in [1.82, 2.24) is 10.3 Å². The largest absolute Gasteiger partial charge is 0.481 e. The van der Waals surface area contributed by atoms with Gasteiger partial charge in [0, 0.05) is 23.5 Å². The highest BCUT2D eigenvalue weighted by Gasteiger charge is 2.17. The van der Waals surface area contributed by atoms with Gasteiger partial charge >= 0.3 is 23.9 Å². The second-order valence-electron chi connectivity index (χ2n) is 8.61. The van der Waals surface area contributed by atoms with Crippen LogP contribution in [0.25, 0.3) is 10.9 Å². The molecule has 38 heavy (non-hydrogen) atoms. The molecule has 1 aromatic heterocycles. The number of aromatic nitrogens is 1. The van der Waals surface area contributed by atoms with Gasteiger partial charge in [-0.15, -0.1) is 0 Å². The average Bonchev–Trinajstić information content (AvgIpc) is 3.53. The van der Waals surface area contributed by atoms with Crippen LogP contribution in [0.1, 0.15) is 58.4 Å². The third-order valence-electron chi connectivity index (χ3n) is 5.76. The Kier molecular flexibility index (Phi) is 11.5. The fourth-order valence-corrected chi connectivity index (χ4v) is 4.02. The van der Waals surface area contributed by atoms with E-state index < -0.39 is 36.3 Å². The Morgan fingerprint density at radius 3 is 1.97 bits per heavy atom. The molecule has 3 aromatic rings. The number of aliphatic carboxylic acids is 3. The molecular weight excluding hydrogens is 496 g/mol. The molecule has 6 N–H and O–H groups in total. The lowest BCUT2D eigenvalue weighted by Gasteiger charge is -2.05. The number of aromatic carboxylic acids is 1. The Hall–Kier alpha value is -4.67. The number of hydrogen-bond acceptors (Lipinski definition) is 5. The van der Waals surface area contributed by atoms with E-state index in [0.717, 1.165) is 29.3 Å². The molecule has 11 heteroatoms. The van der Waals surface area contributed by atoms with E-state index in [2.05, 4.69) is 10.3 Å². The van der Waals surface area contributed by atoms with E-state index in [4.69, 9.17) is 20.4 Å². The molecule has 1 heterocycles. The summed E-state index contributed by atoms with van der Waals surface area (Å²) in [6.45, 7) is -0.549. The number of aromatic amines is 1. The molecule has 1 saturated carbocycles. The van der Waals surface area contributed by atoms with Crippen molar-refractivity contribution in [2.24, 2.45) is 5.92 Å². The van der Waals surface area contributed by atoms with Gasteiger partial charge in [-0.3, -0.25) is 19.2 Å². The van der Waals surface area contributed by atoms with Gasteiger partial charge in [-0.25, -0.2) is 4.79 Å². The monoisotopic (exact) mass is 526 g/mol. The van der Waals surface area contributed by atoms with E-state index in [1.54, 1.807) is 6.20 Å². The van der Waals surface area contributed by atoms with E-state index in [1.165, 1.54) is 37.1 Å². The number of carboxylic acids is 4. The van der Waals surface area contributed by atoms with Gasteiger partial charge in [-0.1, -0.05) is 43.2 Å². The second kappa shape index (κ2) is 14.8. The van der Waals surface area contributed by atoms with Crippen molar-refractivity contribution in [1.29, 1.82) is 0 Å². The first-order chi connectivity index (χ1) is 18.1. The van der Waals surface area contributed by atoms with E-state index in [0.29, 0.717) is 12.3 Å². The van der Waals surface area contributed by atoms with Crippen molar-refractivity contribution in [3.8, 4) is 0 Å². The van der Waals surface area contributed by atoms with Crippen LogP contribution < -0.4 is 5.32 Å². The summed E-state index contributed by atoms with van der Waals surface area (Å²) in [5, 5.41) is 37.2. The third kappa shape index (κ3) is 9.76. The van der Waals surface area contributed by atoms with Crippen molar-refractivity contribution in [2.75, 3.05) is 6.54 Å². The van der Waals surface area contributed by atoms with Crippen molar-refractivity contribution in [3.05, 3.63) is 71.4 Å². The number of carboxylic acid groups (broad SMARTS) is 4. The first-order valence-electron chi connectivity index (χ1n) is 11.9. The smallest absolute Gasteiger partial charge is 0.336 e.